The van der Waals surface area contributed by atoms with Crippen molar-refractivity contribution in [2.75, 3.05) is 4.90 Å². The Labute approximate surface area is 92.5 Å². The molecule has 1 aliphatic rings. The van der Waals surface area contributed by atoms with E-state index in [2.05, 4.69) is 0 Å². The second-order valence-electron chi connectivity index (χ2n) is 3.73. The summed E-state index contributed by atoms with van der Waals surface area (Å²) in [6.07, 6.45) is 0.634. The summed E-state index contributed by atoms with van der Waals surface area (Å²) in [5.41, 5.74) is 5.97. The summed E-state index contributed by atoms with van der Waals surface area (Å²) < 4.78 is 0. The number of carbonyl (C=O) groups excluding carboxylic acids is 2. The SMILES string of the molecule is N[C@H]1CCC(=O)N(c2cccc(O)c2)C1=O. The molecule has 5 heteroatoms. The summed E-state index contributed by atoms with van der Waals surface area (Å²) in [6.45, 7) is 0. The van der Waals surface area contributed by atoms with Crippen LogP contribution in [0.3, 0.4) is 0 Å². The number of nitrogens with zero attached hydrogens (tertiary/aromatic N) is 1. The minimum absolute atomic E-state index is 0.0113. The van der Waals surface area contributed by atoms with Gasteiger partial charge in [-0.3, -0.25) is 9.59 Å². The number of phenols is 1. The average Bonchev–Trinajstić information content (AvgIpc) is 2.24. The lowest BCUT2D eigenvalue weighted by atomic mass is 10.0. The van der Waals surface area contributed by atoms with Gasteiger partial charge in [-0.1, -0.05) is 6.07 Å². The molecule has 1 heterocycles. The monoisotopic (exact) mass is 220 g/mol. The Morgan fingerprint density at radius 2 is 2.12 bits per heavy atom. The molecule has 84 valence electrons. The van der Waals surface area contributed by atoms with Gasteiger partial charge in [0.1, 0.15) is 5.75 Å². The molecular weight excluding hydrogens is 208 g/mol. The predicted octanol–water partition coefficient (Wildman–Crippen LogP) is 0.373. The Morgan fingerprint density at radius 3 is 2.81 bits per heavy atom. The van der Waals surface area contributed by atoms with E-state index in [1.54, 1.807) is 12.1 Å². The van der Waals surface area contributed by atoms with E-state index in [1.165, 1.54) is 12.1 Å². The molecule has 1 aliphatic heterocycles. The van der Waals surface area contributed by atoms with E-state index in [-0.39, 0.29) is 18.1 Å². The number of carbonyl (C=O) groups is 2. The van der Waals surface area contributed by atoms with Gasteiger partial charge in [0.15, 0.2) is 0 Å². The lowest BCUT2D eigenvalue weighted by molar-refractivity contribution is -0.130. The maximum atomic E-state index is 11.7. The van der Waals surface area contributed by atoms with Crippen LogP contribution in [0.2, 0.25) is 0 Å². The zero-order chi connectivity index (χ0) is 11.7. The first-order chi connectivity index (χ1) is 7.59. The molecule has 16 heavy (non-hydrogen) atoms. The lowest BCUT2D eigenvalue weighted by Gasteiger charge is -2.28. The van der Waals surface area contributed by atoms with Gasteiger partial charge in [-0.05, 0) is 18.6 Å². The van der Waals surface area contributed by atoms with Crippen molar-refractivity contribution >= 4 is 17.5 Å². The average molecular weight is 220 g/mol. The Morgan fingerprint density at radius 1 is 1.38 bits per heavy atom. The van der Waals surface area contributed by atoms with Crippen LogP contribution in [0.4, 0.5) is 5.69 Å². The smallest absolute Gasteiger partial charge is 0.250 e. The molecule has 1 saturated heterocycles. The number of hydrogen-bond donors (Lipinski definition) is 2. The molecule has 1 aromatic rings. The van der Waals surface area contributed by atoms with Crippen molar-refractivity contribution in [2.24, 2.45) is 5.73 Å². The third-order valence-corrected chi connectivity index (χ3v) is 2.54. The van der Waals surface area contributed by atoms with Gasteiger partial charge in [-0.2, -0.15) is 0 Å². The highest BCUT2D eigenvalue weighted by Crippen LogP contribution is 2.24. The number of amides is 2. The van der Waals surface area contributed by atoms with Crippen molar-refractivity contribution in [1.29, 1.82) is 0 Å². The highest BCUT2D eigenvalue weighted by atomic mass is 16.3. The molecule has 2 rings (SSSR count). The maximum Gasteiger partial charge on any atom is 0.250 e. The standard InChI is InChI=1S/C11H12N2O3/c12-9-4-5-10(15)13(11(9)16)7-2-1-3-8(14)6-7/h1-3,6,9,14H,4-5,12H2/t9-/m0/s1. The second kappa shape index (κ2) is 3.94. The molecule has 1 atom stereocenters. The van der Waals surface area contributed by atoms with E-state index in [1.807, 2.05) is 0 Å². The third-order valence-electron chi connectivity index (χ3n) is 2.54. The second-order valence-corrected chi connectivity index (χ2v) is 3.73. The van der Waals surface area contributed by atoms with Crippen LogP contribution >= 0.6 is 0 Å². The molecule has 1 aromatic carbocycles. The van der Waals surface area contributed by atoms with Gasteiger partial charge in [0.2, 0.25) is 5.91 Å². The van der Waals surface area contributed by atoms with E-state index >= 15 is 0 Å². The van der Waals surface area contributed by atoms with Crippen LogP contribution in [0.25, 0.3) is 0 Å². The van der Waals surface area contributed by atoms with Crippen LogP contribution in [0.15, 0.2) is 24.3 Å². The number of imide groups is 1. The van der Waals surface area contributed by atoms with Gasteiger partial charge < -0.3 is 10.8 Å². The first kappa shape index (κ1) is 10.6. The lowest BCUT2D eigenvalue weighted by Crippen LogP contribution is -2.51. The molecule has 3 N–H and O–H groups in total. The highest BCUT2D eigenvalue weighted by Gasteiger charge is 2.33. The summed E-state index contributed by atoms with van der Waals surface area (Å²) in [4.78, 5) is 24.4. The van der Waals surface area contributed by atoms with Crippen LogP contribution in [-0.4, -0.2) is 23.0 Å². The van der Waals surface area contributed by atoms with Gasteiger partial charge in [0.25, 0.3) is 5.91 Å². The Kier molecular flexibility index (Phi) is 2.62. The fourth-order valence-corrected chi connectivity index (χ4v) is 1.71. The van der Waals surface area contributed by atoms with Crippen molar-refractivity contribution in [2.45, 2.75) is 18.9 Å². The molecule has 0 bridgehead atoms. The van der Waals surface area contributed by atoms with E-state index in [4.69, 9.17) is 5.73 Å². The van der Waals surface area contributed by atoms with Gasteiger partial charge >= 0.3 is 0 Å². The summed E-state index contributed by atoms with van der Waals surface area (Å²) in [7, 11) is 0. The van der Waals surface area contributed by atoms with Crippen LogP contribution in [-0.2, 0) is 9.59 Å². The van der Waals surface area contributed by atoms with Gasteiger partial charge in [0, 0.05) is 12.5 Å². The predicted molar refractivity (Wildman–Crippen MR) is 57.8 cm³/mol. The van der Waals surface area contributed by atoms with Crippen molar-refractivity contribution in [3.63, 3.8) is 0 Å². The Balaban J connectivity index is 2.37. The number of nitrogens with two attached hydrogens (primary N) is 1. The van der Waals surface area contributed by atoms with Crippen molar-refractivity contribution in [1.82, 2.24) is 0 Å². The Bertz CT molecular complexity index is 445. The molecule has 0 aromatic heterocycles. The molecular formula is C11H12N2O3. The fraction of sp³-hybridized carbons (Fsp3) is 0.273. The quantitative estimate of drug-likeness (QED) is 0.670. The van der Waals surface area contributed by atoms with E-state index in [0.29, 0.717) is 12.1 Å². The van der Waals surface area contributed by atoms with E-state index in [9.17, 15) is 14.7 Å². The first-order valence-corrected chi connectivity index (χ1v) is 5.01. The molecule has 1 fully saturated rings. The molecule has 0 spiro atoms. The van der Waals surface area contributed by atoms with Crippen molar-refractivity contribution in [3.8, 4) is 5.75 Å². The fourth-order valence-electron chi connectivity index (χ4n) is 1.71. The molecule has 0 unspecified atom stereocenters. The first-order valence-electron chi connectivity index (χ1n) is 5.01. The van der Waals surface area contributed by atoms with Gasteiger partial charge in [-0.15, -0.1) is 0 Å². The number of aromatic hydroxyl groups is 1. The van der Waals surface area contributed by atoms with Crippen LogP contribution in [0.1, 0.15) is 12.8 Å². The Hall–Kier alpha value is -1.88. The topological polar surface area (TPSA) is 83.6 Å². The molecule has 5 nitrogen and oxygen atoms in total. The summed E-state index contributed by atoms with van der Waals surface area (Å²) >= 11 is 0. The number of piperidine rings is 1. The van der Waals surface area contributed by atoms with Gasteiger partial charge in [-0.25, -0.2) is 4.90 Å². The number of rotatable bonds is 1. The minimum Gasteiger partial charge on any atom is -0.508 e. The minimum atomic E-state index is -0.639. The summed E-state index contributed by atoms with van der Waals surface area (Å²) in [5, 5.41) is 9.30. The largest absolute Gasteiger partial charge is 0.508 e. The van der Waals surface area contributed by atoms with Crippen LogP contribution < -0.4 is 10.6 Å². The normalized spacial score (nSPS) is 21.3. The van der Waals surface area contributed by atoms with E-state index in [0.717, 1.165) is 4.90 Å². The molecule has 0 radical (unpaired) electrons. The molecule has 2 amide bonds. The number of anilines is 1. The van der Waals surface area contributed by atoms with Crippen molar-refractivity contribution < 1.29 is 14.7 Å². The van der Waals surface area contributed by atoms with Gasteiger partial charge in [0.05, 0.1) is 11.7 Å². The number of benzene rings is 1. The van der Waals surface area contributed by atoms with Crippen LogP contribution in [0, 0.1) is 0 Å². The third kappa shape index (κ3) is 1.77. The van der Waals surface area contributed by atoms with Crippen LogP contribution in [0.5, 0.6) is 5.75 Å². The number of hydrogen-bond acceptors (Lipinski definition) is 4. The maximum absolute atomic E-state index is 11.7. The molecule has 0 aliphatic carbocycles. The van der Waals surface area contributed by atoms with E-state index < -0.39 is 11.9 Å². The van der Waals surface area contributed by atoms with Crippen molar-refractivity contribution in [3.05, 3.63) is 24.3 Å². The summed E-state index contributed by atoms with van der Waals surface area (Å²) in [6, 6.07) is 5.37. The highest BCUT2D eigenvalue weighted by molar-refractivity contribution is 6.18. The zero-order valence-corrected chi connectivity index (χ0v) is 8.59. The molecule has 0 saturated carbocycles. The summed E-state index contributed by atoms with van der Waals surface area (Å²) in [5.74, 6) is -0.684. The number of phenolic OH excluding ortho intramolecular Hbond substituents is 1. The zero-order valence-electron chi connectivity index (χ0n) is 8.59.